The van der Waals surface area contributed by atoms with E-state index in [1.165, 1.54) is 12.0 Å². The minimum absolute atomic E-state index is 0.127. The largest absolute Gasteiger partial charge is 0.326 e. The molecule has 1 unspecified atom stereocenters. The molecule has 1 saturated heterocycles. The fourth-order valence-corrected chi connectivity index (χ4v) is 2.24. The summed E-state index contributed by atoms with van der Waals surface area (Å²) in [5.41, 5.74) is 2.07. The molecular weight excluding hydrogens is 212 g/mol. The van der Waals surface area contributed by atoms with Crippen molar-refractivity contribution in [2.24, 2.45) is 5.92 Å². The highest BCUT2D eigenvalue weighted by Crippen LogP contribution is 2.15. The Kier molecular flexibility index (Phi) is 4.15. The number of rotatable bonds is 4. The summed E-state index contributed by atoms with van der Waals surface area (Å²) in [6, 6.07) is 7.92. The first-order chi connectivity index (χ1) is 8.24. The molecular formula is C14H20N2O. The third kappa shape index (κ3) is 3.86. The van der Waals surface area contributed by atoms with Crippen LogP contribution in [0, 0.1) is 12.8 Å². The summed E-state index contributed by atoms with van der Waals surface area (Å²) in [6.07, 6.45) is 2.82. The van der Waals surface area contributed by atoms with Crippen LogP contribution in [0.1, 0.15) is 24.8 Å². The Labute approximate surface area is 103 Å². The molecule has 0 aliphatic carbocycles. The third-order valence-electron chi connectivity index (χ3n) is 3.24. The van der Waals surface area contributed by atoms with Gasteiger partial charge in [0.2, 0.25) is 5.91 Å². The van der Waals surface area contributed by atoms with E-state index >= 15 is 0 Å². The van der Waals surface area contributed by atoms with Gasteiger partial charge < -0.3 is 10.6 Å². The zero-order chi connectivity index (χ0) is 12.1. The minimum atomic E-state index is 0.127. The summed E-state index contributed by atoms with van der Waals surface area (Å²) >= 11 is 0. The minimum Gasteiger partial charge on any atom is -0.326 e. The Hall–Kier alpha value is -1.35. The molecule has 1 atom stereocenters. The second-order valence-electron chi connectivity index (χ2n) is 4.82. The maximum Gasteiger partial charge on any atom is 0.224 e. The van der Waals surface area contributed by atoms with Gasteiger partial charge in [-0.3, -0.25) is 4.79 Å². The van der Waals surface area contributed by atoms with Gasteiger partial charge in [0, 0.05) is 12.1 Å². The SMILES string of the molecule is Cc1cccc(NC(=O)CCC2CCNC2)c1. The van der Waals surface area contributed by atoms with Crippen molar-refractivity contribution in [3.63, 3.8) is 0 Å². The molecule has 92 valence electrons. The molecule has 3 heteroatoms. The summed E-state index contributed by atoms with van der Waals surface area (Å²) in [5.74, 6) is 0.806. The monoisotopic (exact) mass is 232 g/mol. The molecule has 1 aliphatic rings. The number of carbonyl (C=O) groups excluding carboxylic acids is 1. The van der Waals surface area contributed by atoms with Crippen molar-refractivity contribution >= 4 is 11.6 Å². The number of aryl methyl sites for hydroxylation is 1. The first kappa shape index (κ1) is 12.1. The van der Waals surface area contributed by atoms with Crippen molar-refractivity contribution in [3.8, 4) is 0 Å². The van der Waals surface area contributed by atoms with Gasteiger partial charge in [0.15, 0.2) is 0 Å². The molecule has 0 aromatic heterocycles. The van der Waals surface area contributed by atoms with Crippen LogP contribution in [-0.4, -0.2) is 19.0 Å². The molecule has 0 bridgehead atoms. The first-order valence-electron chi connectivity index (χ1n) is 6.31. The van der Waals surface area contributed by atoms with Crippen molar-refractivity contribution in [2.75, 3.05) is 18.4 Å². The predicted molar refractivity (Wildman–Crippen MR) is 70.0 cm³/mol. The molecule has 1 fully saturated rings. The van der Waals surface area contributed by atoms with Crippen molar-refractivity contribution in [1.29, 1.82) is 0 Å². The van der Waals surface area contributed by atoms with Crippen LogP contribution in [0.15, 0.2) is 24.3 Å². The standard InChI is InChI=1S/C14H20N2O/c1-11-3-2-4-13(9-11)16-14(17)6-5-12-7-8-15-10-12/h2-4,9,12,15H,5-8,10H2,1H3,(H,16,17). The Morgan fingerprint density at radius 3 is 3.12 bits per heavy atom. The van der Waals surface area contributed by atoms with Crippen molar-refractivity contribution in [2.45, 2.75) is 26.2 Å². The van der Waals surface area contributed by atoms with E-state index in [4.69, 9.17) is 0 Å². The fourth-order valence-electron chi connectivity index (χ4n) is 2.24. The smallest absolute Gasteiger partial charge is 0.224 e. The van der Waals surface area contributed by atoms with Gasteiger partial charge in [0.1, 0.15) is 0 Å². The van der Waals surface area contributed by atoms with Crippen molar-refractivity contribution in [3.05, 3.63) is 29.8 Å². The van der Waals surface area contributed by atoms with E-state index in [1.807, 2.05) is 31.2 Å². The van der Waals surface area contributed by atoms with Crippen molar-refractivity contribution in [1.82, 2.24) is 5.32 Å². The number of nitrogens with one attached hydrogen (secondary N) is 2. The lowest BCUT2D eigenvalue weighted by Gasteiger charge is -2.09. The summed E-state index contributed by atoms with van der Waals surface area (Å²) in [7, 11) is 0. The summed E-state index contributed by atoms with van der Waals surface area (Å²) in [5, 5.41) is 6.27. The topological polar surface area (TPSA) is 41.1 Å². The van der Waals surface area contributed by atoms with Gasteiger partial charge in [0.05, 0.1) is 0 Å². The van der Waals surface area contributed by atoms with E-state index in [2.05, 4.69) is 10.6 Å². The van der Waals surface area contributed by atoms with Crippen LogP contribution in [0.25, 0.3) is 0 Å². The summed E-state index contributed by atoms with van der Waals surface area (Å²) in [6.45, 7) is 4.20. The number of anilines is 1. The lowest BCUT2D eigenvalue weighted by molar-refractivity contribution is -0.116. The Morgan fingerprint density at radius 2 is 2.41 bits per heavy atom. The van der Waals surface area contributed by atoms with E-state index in [0.29, 0.717) is 12.3 Å². The molecule has 2 rings (SSSR count). The van der Waals surface area contributed by atoms with Gasteiger partial charge in [-0.05, 0) is 56.5 Å². The molecule has 0 spiro atoms. The zero-order valence-electron chi connectivity index (χ0n) is 10.3. The average Bonchev–Trinajstić information content (AvgIpc) is 2.79. The number of hydrogen-bond donors (Lipinski definition) is 2. The normalized spacial score (nSPS) is 19.2. The van der Waals surface area contributed by atoms with E-state index in [1.54, 1.807) is 0 Å². The average molecular weight is 232 g/mol. The number of amides is 1. The van der Waals surface area contributed by atoms with Gasteiger partial charge >= 0.3 is 0 Å². The molecule has 1 heterocycles. The van der Waals surface area contributed by atoms with E-state index < -0.39 is 0 Å². The maximum absolute atomic E-state index is 11.7. The molecule has 1 aromatic carbocycles. The highest BCUT2D eigenvalue weighted by atomic mass is 16.1. The lowest BCUT2D eigenvalue weighted by atomic mass is 10.0. The quantitative estimate of drug-likeness (QED) is 0.836. The van der Waals surface area contributed by atoms with E-state index in [0.717, 1.165) is 25.2 Å². The van der Waals surface area contributed by atoms with E-state index in [9.17, 15) is 4.79 Å². The van der Waals surface area contributed by atoms with Gasteiger partial charge in [-0.15, -0.1) is 0 Å². The molecule has 0 saturated carbocycles. The van der Waals surface area contributed by atoms with Gasteiger partial charge in [-0.1, -0.05) is 12.1 Å². The Balaban J connectivity index is 1.76. The fraction of sp³-hybridized carbons (Fsp3) is 0.500. The van der Waals surface area contributed by atoms with Crippen molar-refractivity contribution < 1.29 is 4.79 Å². The molecule has 17 heavy (non-hydrogen) atoms. The highest BCUT2D eigenvalue weighted by molar-refractivity contribution is 5.90. The second-order valence-corrected chi connectivity index (χ2v) is 4.82. The van der Waals surface area contributed by atoms with Gasteiger partial charge in [-0.25, -0.2) is 0 Å². The number of carbonyl (C=O) groups is 1. The lowest BCUT2D eigenvalue weighted by Crippen LogP contribution is -2.15. The molecule has 1 amide bonds. The summed E-state index contributed by atoms with van der Waals surface area (Å²) < 4.78 is 0. The number of benzene rings is 1. The van der Waals surface area contributed by atoms with Crippen LogP contribution in [0.2, 0.25) is 0 Å². The van der Waals surface area contributed by atoms with E-state index in [-0.39, 0.29) is 5.91 Å². The van der Waals surface area contributed by atoms with Crippen LogP contribution >= 0.6 is 0 Å². The molecule has 0 radical (unpaired) electrons. The Bertz CT molecular complexity index is 384. The summed E-state index contributed by atoms with van der Waals surface area (Å²) in [4.78, 5) is 11.7. The molecule has 1 aromatic rings. The first-order valence-corrected chi connectivity index (χ1v) is 6.31. The van der Waals surface area contributed by atoms with Gasteiger partial charge in [0.25, 0.3) is 0 Å². The van der Waals surface area contributed by atoms with Crippen LogP contribution in [0.4, 0.5) is 5.69 Å². The Morgan fingerprint density at radius 1 is 1.53 bits per heavy atom. The maximum atomic E-state index is 11.7. The second kappa shape index (κ2) is 5.82. The molecule has 2 N–H and O–H groups in total. The number of hydrogen-bond acceptors (Lipinski definition) is 2. The predicted octanol–water partition coefficient (Wildman–Crippen LogP) is 2.32. The highest BCUT2D eigenvalue weighted by Gasteiger charge is 2.15. The molecule has 3 nitrogen and oxygen atoms in total. The van der Waals surface area contributed by atoms with Crippen LogP contribution in [0.3, 0.4) is 0 Å². The van der Waals surface area contributed by atoms with Crippen LogP contribution in [0.5, 0.6) is 0 Å². The van der Waals surface area contributed by atoms with Crippen LogP contribution in [-0.2, 0) is 4.79 Å². The van der Waals surface area contributed by atoms with Gasteiger partial charge in [-0.2, -0.15) is 0 Å². The third-order valence-corrected chi connectivity index (χ3v) is 3.24. The van der Waals surface area contributed by atoms with Crippen LogP contribution < -0.4 is 10.6 Å². The zero-order valence-corrected chi connectivity index (χ0v) is 10.3. The molecule has 1 aliphatic heterocycles.